The number of piperazine rings is 1. The molecule has 8 heteroatoms. The molecule has 1 saturated carbocycles. The van der Waals surface area contributed by atoms with Crippen LogP contribution in [0.15, 0.2) is 18.2 Å². The number of hydrogen-bond acceptors (Lipinski definition) is 4. The van der Waals surface area contributed by atoms with Crippen molar-refractivity contribution in [3.8, 4) is 6.07 Å². The number of hydrogen-bond donors (Lipinski definition) is 2. The SMILES string of the molecule is N#Cc1cc(F)ccc1NC(=O)N1CCN(CC(=O)NC2CC2)CC1. The van der Waals surface area contributed by atoms with E-state index in [2.05, 4.69) is 10.6 Å². The van der Waals surface area contributed by atoms with Crippen molar-refractivity contribution in [1.82, 2.24) is 15.1 Å². The number of anilines is 1. The van der Waals surface area contributed by atoms with Crippen LogP contribution in [0.4, 0.5) is 14.9 Å². The first-order valence-electron chi connectivity index (χ1n) is 8.32. The van der Waals surface area contributed by atoms with Crippen LogP contribution in [0, 0.1) is 17.1 Å². The maximum absolute atomic E-state index is 13.1. The van der Waals surface area contributed by atoms with Crippen LogP contribution in [0.3, 0.4) is 0 Å². The number of carbonyl (C=O) groups excluding carboxylic acids is 2. The molecule has 0 unspecified atom stereocenters. The third-order valence-electron chi connectivity index (χ3n) is 4.31. The first kappa shape index (κ1) is 17.2. The molecular formula is C17H20FN5O2. The summed E-state index contributed by atoms with van der Waals surface area (Å²) in [5.74, 6) is -0.488. The summed E-state index contributed by atoms with van der Waals surface area (Å²) in [5.41, 5.74) is 0.379. The minimum atomic E-state index is -0.521. The number of benzene rings is 1. The Hall–Kier alpha value is -2.66. The number of rotatable bonds is 4. The maximum atomic E-state index is 13.1. The molecule has 7 nitrogen and oxygen atoms in total. The van der Waals surface area contributed by atoms with Crippen LogP contribution in [-0.4, -0.2) is 60.5 Å². The summed E-state index contributed by atoms with van der Waals surface area (Å²) in [5, 5.41) is 14.6. The number of nitrogens with one attached hydrogen (secondary N) is 2. The van der Waals surface area contributed by atoms with E-state index in [9.17, 15) is 14.0 Å². The molecule has 0 aromatic heterocycles. The molecule has 0 radical (unpaired) electrons. The summed E-state index contributed by atoms with van der Waals surface area (Å²) in [6.45, 7) is 2.56. The Morgan fingerprint density at radius 2 is 1.96 bits per heavy atom. The van der Waals surface area contributed by atoms with E-state index in [1.165, 1.54) is 12.1 Å². The summed E-state index contributed by atoms with van der Waals surface area (Å²) in [6.07, 6.45) is 2.13. The van der Waals surface area contributed by atoms with Crippen molar-refractivity contribution >= 4 is 17.6 Å². The van der Waals surface area contributed by atoms with Gasteiger partial charge < -0.3 is 15.5 Å². The van der Waals surface area contributed by atoms with Gasteiger partial charge in [0.1, 0.15) is 11.9 Å². The predicted molar refractivity (Wildman–Crippen MR) is 89.3 cm³/mol. The molecule has 0 spiro atoms. The van der Waals surface area contributed by atoms with Gasteiger partial charge in [0.15, 0.2) is 0 Å². The zero-order valence-corrected chi connectivity index (χ0v) is 13.8. The molecule has 2 fully saturated rings. The second-order valence-electron chi connectivity index (χ2n) is 6.34. The first-order valence-corrected chi connectivity index (χ1v) is 8.32. The molecule has 1 heterocycles. The van der Waals surface area contributed by atoms with E-state index in [-0.39, 0.29) is 17.5 Å². The van der Waals surface area contributed by atoms with Crippen LogP contribution in [0.5, 0.6) is 0 Å². The van der Waals surface area contributed by atoms with Gasteiger partial charge in [-0.25, -0.2) is 9.18 Å². The topological polar surface area (TPSA) is 88.5 Å². The fourth-order valence-corrected chi connectivity index (χ4v) is 2.73. The van der Waals surface area contributed by atoms with Gasteiger partial charge in [0.2, 0.25) is 5.91 Å². The lowest BCUT2D eigenvalue weighted by atomic mass is 10.2. The molecule has 2 N–H and O–H groups in total. The maximum Gasteiger partial charge on any atom is 0.321 e. The third kappa shape index (κ3) is 4.67. The van der Waals surface area contributed by atoms with E-state index < -0.39 is 5.82 Å². The molecule has 1 aromatic carbocycles. The Bertz CT molecular complexity index is 705. The average Bonchev–Trinajstić information content (AvgIpc) is 3.40. The summed E-state index contributed by atoms with van der Waals surface area (Å²) in [6, 6.07) is 5.56. The van der Waals surface area contributed by atoms with Crippen molar-refractivity contribution < 1.29 is 14.0 Å². The van der Waals surface area contributed by atoms with Crippen LogP contribution in [-0.2, 0) is 4.79 Å². The Labute approximate surface area is 145 Å². The lowest BCUT2D eigenvalue weighted by Gasteiger charge is -2.34. The van der Waals surface area contributed by atoms with Crippen LogP contribution < -0.4 is 10.6 Å². The number of amides is 3. The second-order valence-corrected chi connectivity index (χ2v) is 6.34. The molecule has 132 valence electrons. The lowest BCUT2D eigenvalue weighted by molar-refractivity contribution is -0.122. The third-order valence-corrected chi connectivity index (χ3v) is 4.31. The lowest BCUT2D eigenvalue weighted by Crippen LogP contribution is -2.52. The van der Waals surface area contributed by atoms with Gasteiger partial charge in [0.25, 0.3) is 0 Å². The van der Waals surface area contributed by atoms with Gasteiger partial charge in [0.05, 0.1) is 17.8 Å². The highest BCUT2D eigenvalue weighted by molar-refractivity contribution is 5.91. The molecule has 2 aliphatic rings. The molecule has 1 aromatic rings. The molecule has 25 heavy (non-hydrogen) atoms. The molecule has 0 bridgehead atoms. The predicted octanol–water partition coefficient (Wildman–Crippen LogP) is 1.13. The Morgan fingerprint density at radius 3 is 2.60 bits per heavy atom. The number of urea groups is 1. The average molecular weight is 345 g/mol. The first-order chi connectivity index (χ1) is 12.0. The smallest absolute Gasteiger partial charge is 0.321 e. The van der Waals surface area contributed by atoms with Gasteiger partial charge in [-0.15, -0.1) is 0 Å². The molecule has 1 aliphatic heterocycles. The molecule has 1 saturated heterocycles. The normalized spacial score (nSPS) is 17.7. The van der Waals surface area contributed by atoms with Gasteiger partial charge in [-0.1, -0.05) is 0 Å². The number of nitriles is 1. The minimum Gasteiger partial charge on any atom is -0.352 e. The summed E-state index contributed by atoms with van der Waals surface area (Å²) in [7, 11) is 0. The number of halogens is 1. The van der Waals surface area contributed by atoms with Crippen LogP contribution in [0.25, 0.3) is 0 Å². The highest BCUT2D eigenvalue weighted by Crippen LogP contribution is 2.19. The largest absolute Gasteiger partial charge is 0.352 e. The standard InChI is InChI=1S/C17H20FN5O2/c18-13-1-4-15(12(9-13)10-19)21-17(25)23-7-5-22(6-8-23)11-16(24)20-14-2-3-14/h1,4,9,14H,2-3,5-8,11H2,(H,20,24)(H,21,25). The summed E-state index contributed by atoms with van der Waals surface area (Å²) in [4.78, 5) is 27.8. The fourth-order valence-electron chi connectivity index (χ4n) is 2.73. The highest BCUT2D eigenvalue weighted by atomic mass is 19.1. The monoisotopic (exact) mass is 345 g/mol. The van der Waals surface area contributed by atoms with Crippen molar-refractivity contribution in [2.24, 2.45) is 0 Å². The van der Waals surface area contributed by atoms with E-state index in [1.54, 1.807) is 4.90 Å². The summed E-state index contributed by atoms with van der Waals surface area (Å²) < 4.78 is 13.1. The van der Waals surface area contributed by atoms with E-state index in [0.717, 1.165) is 18.9 Å². The zero-order valence-electron chi connectivity index (χ0n) is 13.8. The van der Waals surface area contributed by atoms with Gasteiger partial charge >= 0.3 is 6.03 Å². The van der Waals surface area contributed by atoms with Crippen molar-refractivity contribution in [1.29, 1.82) is 5.26 Å². The number of nitrogens with zero attached hydrogens (tertiary/aromatic N) is 3. The van der Waals surface area contributed by atoms with Crippen molar-refractivity contribution in [3.05, 3.63) is 29.6 Å². The second kappa shape index (κ2) is 7.49. The molecular weight excluding hydrogens is 325 g/mol. The van der Waals surface area contributed by atoms with Gasteiger partial charge in [0, 0.05) is 32.2 Å². The van der Waals surface area contributed by atoms with E-state index in [0.29, 0.717) is 44.5 Å². The number of carbonyl (C=O) groups is 2. The van der Waals surface area contributed by atoms with E-state index >= 15 is 0 Å². The van der Waals surface area contributed by atoms with Gasteiger partial charge in [-0.2, -0.15) is 5.26 Å². The zero-order chi connectivity index (χ0) is 17.8. The van der Waals surface area contributed by atoms with Crippen molar-refractivity contribution in [3.63, 3.8) is 0 Å². The van der Waals surface area contributed by atoms with Gasteiger partial charge in [-0.05, 0) is 31.0 Å². The van der Waals surface area contributed by atoms with Crippen molar-refractivity contribution in [2.45, 2.75) is 18.9 Å². The van der Waals surface area contributed by atoms with E-state index in [1.807, 2.05) is 11.0 Å². The van der Waals surface area contributed by atoms with Crippen molar-refractivity contribution in [2.75, 3.05) is 38.0 Å². The quantitative estimate of drug-likeness (QED) is 0.856. The van der Waals surface area contributed by atoms with Gasteiger partial charge in [-0.3, -0.25) is 9.69 Å². The molecule has 0 atom stereocenters. The molecule has 3 amide bonds. The van der Waals surface area contributed by atoms with Crippen LogP contribution in [0.2, 0.25) is 0 Å². The Morgan fingerprint density at radius 1 is 1.24 bits per heavy atom. The van der Waals surface area contributed by atoms with E-state index in [4.69, 9.17) is 5.26 Å². The minimum absolute atomic E-state index is 0.0328. The molecule has 1 aliphatic carbocycles. The highest BCUT2D eigenvalue weighted by Gasteiger charge is 2.26. The molecule has 3 rings (SSSR count). The summed E-state index contributed by atoms with van der Waals surface area (Å²) >= 11 is 0. The van der Waals surface area contributed by atoms with Crippen LogP contribution >= 0.6 is 0 Å². The Kier molecular flexibility index (Phi) is 5.14. The van der Waals surface area contributed by atoms with Crippen LogP contribution in [0.1, 0.15) is 18.4 Å². The fraction of sp³-hybridized carbons (Fsp3) is 0.471. The Balaban J connectivity index is 1.48.